The van der Waals surface area contributed by atoms with Gasteiger partial charge in [0, 0.05) is 24.5 Å². The normalized spacial score (nSPS) is 12.2. The summed E-state index contributed by atoms with van der Waals surface area (Å²) in [7, 11) is 3.59. The van der Waals surface area contributed by atoms with Gasteiger partial charge in [-0.1, -0.05) is 6.07 Å². The number of nitrogens with zero attached hydrogens (tertiary/aromatic N) is 2. The van der Waals surface area contributed by atoms with E-state index in [4.69, 9.17) is 0 Å². The van der Waals surface area contributed by atoms with Gasteiger partial charge < -0.3 is 10.6 Å². The van der Waals surface area contributed by atoms with Crippen molar-refractivity contribution in [3.63, 3.8) is 0 Å². The van der Waals surface area contributed by atoms with Crippen molar-refractivity contribution in [2.45, 2.75) is 19.9 Å². The number of aromatic nitrogens is 2. The molecule has 1 aromatic carbocycles. The predicted octanol–water partition coefficient (Wildman–Crippen LogP) is 1.94. The van der Waals surface area contributed by atoms with Crippen LogP contribution < -0.4 is 10.6 Å². The van der Waals surface area contributed by atoms with Crippen molar-refractivity contribution in [2.75, 3.05) is 12.4 Å². The van der Waals surface area contributed by atoms with E-state index in [0.717, 1.165) is 22.4 Å². The molecule has 0 spiro atoms. The van der Waals surface area contributed by atoms with Crippen LogP contribution in [-0.2, 0) is 11.8 Å². The van der Waals surface area contributed by atoms with Gasteiger partial charge in [-0.3, -0.25) is 9.48 Å². The van der Waals surface area contributed by atoms with Gasteiger partial charge >= 0.3 is 0 Å². The van der Waals surface area contributed by atoms with Crippen molar-refractivity contribution in [1.82, 2.24) is 15.1 Å². The molecule has 0 bridgehead atoms. The summed E-state index contributed by atoms with van der Waals surface area (Å²) in [6.07, 6.45) is 3.53. The maximum Gasteiger partial charge on any atom is 0.246 e. The molecule has 1 heterocycles. The summed E-state index contributed by atoms with van der Waals surface area (Å²) >= 11 is 0. The first kappa shape index (κ1) is 14.3. The summed E-state index contributed by atoms with van der Waals surface area (Å²) in [5.74, 6) is -0.0921. The van der Waals surface area contributed by atoms with Crippen molar-refractivity contribution >= 4 is 11.6 Å². The Morgan fingerprint density at radius 2 is 1.90 bits per heavy atom. The molecular weight excluding hydrogens is 252 g/mol. The van der Waals surface area contributed by atoms with Crippen LogP contribution >= 0.6 is 0 Å². The molecule has 5 nitrogen and oxygen atoms in total. The Balaban J connectivity index is 2.17. The molecule has 20 heavy (non-hydrogen) atoms. The highest BCUT2D eigenvalue weighted by Crippen LogP contribution is 2.17. The highest BCUT2D eigenvalue weighted by molar-refractivity contribution is 5.95. The van der Waals surface area contributed by atoms with Gasteiger partial charge in [0.1, 0.15) is 6.04 Å². The standard InChI is InChI=1S/C15H20N4O/c1-10-5-11(2)7-13(6-10)18-15(20)14(16-3)12-8-17-19(4)9-12/h5-9,14,16H,1-4H3,(H,18,20). The minimum absolute atomic E-state index is 0.0921. The van der Waals surface area contributed by atoms with Gasteiger partial charge in [0.05, 0.1) is 6.20 Å². The topological polar surface area (TPSA) is 59.0 Å². The lowest BCUT2D eigenvalue weighted by atomic mass is 10.1. The average molecular weight is 272 g/mol. The van der Waals surface area contributed by atoms with E-state index >= 15 is 0 Å². The quantitative estimate of drug-likeness (QED) is 0.894. The Hall–Kier alpha value is -2.14. The fourth-order valence-corrected chi connectivity index (χ4v) is 2.30. The Morgan fingerprint density at radius 1 is 1.25 bits per heavy atom. The molecule has 0 saturated heterocycles. The maximum atomic E-state index is 12.4. The molecule has 0 aliphatic heterocycles. The van der Waals surface area contributed by atoms with Crippen molar-refractivity contribution in [3.8, 4) is 0 Å². The van der Waals surface area contributed by atoms with E-state index in [-0.39, 0.29) is 5.91 Å². The molecule has 0 aliphatic carbocycles. The summed E-state index contributed by atoms with van der Waals surface area (Å²) in [4.78, 5) is 12.4. The van der Waals surface area contributed by atoms with Gasteiger partial charge in [-0.2, -0.15) is 5.10 Å². The summed E-state index contributed by atoms with van der Waals surface area (Å²) in [6.45, 7) is 4.03. The molecule has 1 amide bonds. The number of likely N-dealkylation sites (N-methyl/N-ethyl adjacent to an activating group) is 1. The van der Waals surface area contributed by atoms with Crippen LogP contribution in [0.5, 0.6) is 0 Å². The second-order valence-corrected chi connectivity index (χ2v) is 5.03. The Labute approximate surface area is 119 Å². The van der Waals surface area contributed by atoms with Gasteiger partial charge in [-0.25, -0.2) is 0 Å². The molecule has 0 radical (unpaired) electrons. The Kier molecular flexibility index (Phi) is 4.20. The first-order valence-electron chi connectivity index (χ1n) is 6.54. The predicted molar refractivity (Wildman–Crippen MR) is 79.6 cm³/mol. The van der Waals surface area contributed by atoms with Crippen LogP contribution in [0.4, 0.5) is 5.69 Å². The average Bonchev–Trinajstić information content (AvgIpc) is 2.75. The van der Waals surface area contributed by atoms with Gasteiger partial charge in [0.15, 0.2) is 0 Å². The zero-order chi connectivity index (χ0) is 14.7. The number of carbonyl (C=O) groups is 1. The molecule has 1 atom stereocenters. The molecule has 0 aliphatic rings. The maximum absolute atomic E-state index is 12.4. The molecule has 2 aromatic rings. The largest absolute Gasteiger partial charge is 0.324 e. The highest BCUT2D eigenvalue weighted by Gasteiger charge is 2.20. The Bertz CT molecular complexity index is 598. The number of hydrogen-bond donors (Lipinski definition) is 2. The van der Waals surface area contributed by atoms with Crippen LogP contribution in [0.1, 0.15) is 22.7 Å². The fourth-order valence-electron chi connectivity index (χ4n) is 2.30. The molecule has 2 rings (SSSR count). The van der Waals surface area contributed by atoms with E-state index in [2.05, 4.69) is 21.8 Å². The minimum atomic E-state index is -0.412. The van der Waals surface area contributed by atoms with E-state index in [1.165, 1.54) is 0 Å². The number of benzene rings is 1. The first-order valence-corrected chi connectivity index (χ1v) is 6.54. The van der Waals surface area contributed by atoms with Crippen LogP contribution in [0.15, 0.2) is 30.6 Å². The van der Waals surface area contributed by atoms with Gasteiger partial charge in [-0.15, -0.1) is 0 Å². The molecule has 5 heteroatoms. The summed E-state index contributed by atoms with van der Waals surface area (Å²) in [6, 6.07) is 5.58. The second kappa shape index (κ2) is 5.88. The van der Waals surface area contributed by atoms with E-state index in [9.17, 15) is 4.79 Å². The third-order valence-electron chi connectivity index (χ3n) is 3.10. The van der Waals surface area contributed by atoms with Crippen molar-refractivity contribution in [2.24, 2.45) is 7.05 Å². The number of amides is 1. The fraction of sp³-hybridized carbons (Fsp3) is 0.333. The van der Waals surface area contributed by atoms with Crippen molar-refractivity contribution < 1.29 is 4.79 Å². The van der Waals surface area contributed by atoms with E-state index in [1.807, 2.05) is 39.2 Å². The molecule has 0 fully saturated rings. The third-order valence-corrected chi connectivity index (χ3v) is 3.10. The first-order chi connectivity index (χ1) is 9.49. The minimum Gasteiger partial charge on any atom is -0.324 e. The molecule has 0 saturated carbocycles. The zero-order valence-electron chi connectivity index (χ0n) is 12.3. The second-order valence-electron chi connectivity index (χ2n) is 5.03. The highest BCUT2D eigenvalue weighted by atomic mass is 16.2. The van der Waals surface area contributed by atoms with Gasteiger partial charge in [-0.05, 0) is 44.2 Å². The van der Waals surface area contributed by atoms with Crippen LogP contribution in [0.25, 0.3) is 0 Å². The smallest absolute Gasteiger partial charge is 0.246 e. The van der Waals surface area contributed by atoms with Crippen molar-refractivity contribution in [1.29, 1.82) is 0 Å². The van der Waals surface area contributed by atoms with E-state index in [1.54, 1.807) is 17.9 Å². The van der Waals surface area contributed by atoms with E-state index in [0.29, 0.717) is 0 Å². The zero-order valence-corrected chi connectivity index (χ0v) is 12.3. The molecule has 106 valence electrons. The summed E-state index contributed by atoms with van der Waals surface area (Å²) < 4.78 is 1.68. The lowest BCUT2D eigenvalue weighted by Crippen LogP contribution is -2.30. The third kappa shape index (κ3) is 3.24. The SMILES string of the molecule is CNC(C(=O)Nc1cc(C)cc(C)c1)c1cnn(C)c1. The lowest BCUT2D eigenvalue weighted by Gasteiger charge is -2.15. The Morgan fingerprint density at radius 3 is 2.40 bits per heavy atom. The van der Waals surface area contributed by atoms with Crippen molar-refractivity contribution in [3.05, 3.63) is 47.3 Å². The number of rotatable bonds is 4. The molecular formula is C15H20N4O. The van der Waals surface area contributed by atoms with Crippen LogP contribution in [0.2, 0.25) is 0 Å². The number of carbonyl (C=O) groups excluding carboxylic acids is 1. The monoisotopic (exact) mass is 272 g/mol. The lowest BCUT2D eigenvalue weighted by molar-refractivity contribution is -0.118. The molecule has 1 aromatic heterocycles. The van der Waals surface area contributed by atoms with Crippen LogP contribution in [-0.4, -0.2) is 22.7 Å². The van der Waals surface area contributed by atoms with Crippen LogP contribution in [0.3, 0.4) is 0 Å². The molecule has 2 N–H and O–H groups in total. The van der Waals surface area contributed by atoms with E-state index < -0.39 is 6.04 Å². The van der Waals surface area contributed by atoms with Gasteiger partial charge in [0.2, 0.25) is 5.91 Å². The number of anilines is 1. The number of nitrogens with one attached hydrogen (secondary N) is 2. The summed E-state index contributed by atoms with van der Waals surface area (Å²) in [5.41, 5.74) is 3.92. The van der Waals surface area contributed by atoms with Crippen LogP contribution in [0, 0.1) is 13.8 Å². The number of aryl methyl sites for hydroxylation is 3. The number of hydrogen-bond acceptors (Lipinski definition) is 3. The summed E-state index contributed by atoms with van der Waals surface area (Å²) in [5, 5.41) is 10.1. The molecule has 1 unspecified atom stereocenters. The van der Waals surface area contributed by atoms with Gasteiger partial charge in [0.25, 0.3) is 0 Å².